The van der Waals surface area contributed by atoms with Gasteiger partial charge in [0.25, 0.3) is 5.91 Å². The maximum atomic E-state index is 13.4. The van der Waals surface area contributed by atoms with Crippen LogP contribution in [0.25, 0.3) is 28.1 Å². The second kappa shape index (κ2) is 10.8. The van der Waals surface area contributed by atoms with Crippen LogP contribution in [-0.2, 0) is 0 Å². The van der Waals surface area contributed by atoms with Crippen LogP contribution in [0.4, 0.5) is 5.88 Å². The SMILES string of the molecule is COc1ccc(C(=O)Nc2onc(-c3c(C)nn(-c4ccccc4)c3C)c2-c2ccccc2C(=O)O)c(OC)c1. The molecule has 0 fully saturated rings. The molecule has 10 nitrogen and oxygen atoms in total. The van der Waals surface area contributed by atoms with Crippen molar-refractivity contribution in [1.29, 1.82) is 0 Å². The first-order valence-corrected chi connectivity index (χ1v) is 12.3. The lowest BCUT2D eigenvalue weighted by Crippen LogP contribution is -2.13. The van der Waals surface area contributed by atoms with Gasteiger partial charge < -0.3 is 19.1 Å². The van der Waals surface area contributed by atoms with Crippen molar-refractivity contribution < 1.29 is 28.7 Å². The molecule has 0 spiro atoms. The number of ether oxygens (including phenoxy) is 2. The third kappa shape index (κ3) is 4.66. The summed E-state index contributed by atoms with van der Waals surface area (Å²) < 4.78 is 18.1. The molecule has 10 heteroatoms. The fourth-order valence-corrected chi connectivity index (χ4v) is 4.65. The second-order valence-electron chi connectivity index (χ2n) is 8.90. The molecule has 1 amide bonds. The zero-order chi connectivity index (χ0) is 28.4. The van der Waals surface area contributed by atoms with E-state index in [2.05, 4.69) is 10.5 Å². The predicted molar refractivity (Wildman–Crippen MR) is 148 cm³/mol. The monoisotopic (exact) mass is 538 g/mol. The maximum absolute atomic E-state index is 13.4. The number of hydrogen-bond donors (Lipinski definition) is 2. The molecule has 2 aromatic heterocycles. The molecule has 0 bridgehead atoms. The maximum Gasteiger partial charge on any atom is 0.336 e. The standard InChI is InChI=1S/C30H26N4O6/c1-17-25(18(2)34(32-17)19-10-6-5-7-11-19)27-26(21-12-8-9-13-22(21)30(36)37)29(40-33-27)31-28(35)23-15-14-20(38-3)16-24(23)39-4/h5-16H,1-4H3,(H,31,35)(H,36,37). The minimum Gasteiger partial charge on any atom is -0.497 e. The zero-order valence-electron chi connectivity index (χ0n) is 22.3. The van der Waals surface area contributed by atoms with Crippen LogP contribution in [0.15, 0.2) is 77.3 Å². The van der Waals surface area contributed by atoms with Crippen LogP contribution in [0.5, 0.6) is 11.5 Å². The third-order valence-corrected chi connectivity index (χ3v) is 6.53. The van der Waals surface area contributed by atoms with Gasteiger partial charge in [-0.2, -0.15) is 5.10 Å². The summed E-state index contributed by atoms with van der Waals surface area (Å²) in [5.41, 5.74) is 4.17. The Bertz CT molecular complexity index is 1720. The quantitative estimate of drug-likeness (QED) is 0.254. The summed E-state index contributed by atoms with van der Waals surface area (Å²) >= 11 is 0. The van der Waals surface area contributed by atoms with Crippen molar-refractivity contribution in [1.82, 2.24) is 14.9 Å². The summed E-state index contributed by atoms with van der Waals surface area (Å²) in [6.45, 7) is 3.73. The Morgan fingerprint density at radius 3 is 2.33 bits per heavy atom. The molecular weight excluding hydrogens is 512 g/mol. The lowest BCUT2D eigenvalue weighted by Gasteiger charge is -2.12. The first-order chi connectivity index (χ1) is 19.3. The van der Waals surface area contributed by atoms with Crippen molar-refractivity contribution in [2.45, 2.75) is 13.8 Å². The molecule has 0 aliphatic carbocycles. The summed E-state index contributed by atoms with van der Waals surface area (Å²) in [5, 5.41) is 21.8. The fourth-order valence-electron chi connectivity index (χ4n) is 4.65. The van der Waals surface area contributed by atoms with Crippen LogP contribution >= 0.6 is 0 Å². The summed E-state index contributed by atoms with van der Waals surface area (Å²) in [5.74, 6) is -0.875. The normalized spacial score (nSPS) is 10.8. The lowest BCUT2D eigenvalue weighted by atomic mass is 9.95. The Labute approximate surface area is 229 Å². The first kappa shape index (κ1) is 26.2. The van der Waals surface area contributed by atoms with Gasteiger partial charge in [0, 0.05) is 17.2 Å². The van der Waals surface area contributed by atoms with Crippen LogP contribution < -0.4 is 14.8 Å². The molecule has 5 rings (SSSR count). The van der Waals surface area contributed by atoms with Crippen molar-refractivity contribution in [2.24, 2.45) is 0 Å². The van der Waals surface area contributed by atoms with Gasteiger partial charge in [-0.05, 0) is 44.2 Å². The van der Waals surface area contributed by atoms with Crippen LogP contribution in [-0.4, -0.2) is 46.1 Å². The molecule has 0 aliphatic heterocycles. The van der Waals surface area contributed by atoms with Gasteiger partial charge in [-0.3, -0.25) is 10.1 Å². The third-order valence-electron chi connectivity index (χ3n) is 6.53. The van der Waals surface area contributed by atoms with Crippen molar-refractivity contribution in [3.05, 3.63) is 95.3 Å². The average molecular weight is 539 g/mol. The minimum absolute atomic E-state index is 0.0159. The molecule has 2 N–H and O–H groups in total. The number of anilines is 1. The molecule has 0 radical (unpaired) electrons. The van der Waals surface area contributed by atoms with Crippen molar-refractivity contribution in [3.63, 3.8) is 0 Å². The number of methoxy groups -OCH3 is 2. The van der Waals surface area contributed by atoms with Gasteiger partial charge in [-0.1, -0.05) is 41.6 Å². The Balaban J connectivity index is 1.68. The van der Waals surface area contributed by atoms with Crippen LogP contribution in [0.2, 0.25) is 0 Å². The highest BCUT2D eigenvalue weighted by atomic mass is 16.5. The van der Waals surface area contributed by atoms with Gasteiger partial charge in [0.05, 0.1) is 48.0 Å². The number of carboxylic acids is 1. The van der Waals surface area contributed by atoms with Gasteiger partial charge in [-0.25, -0.2) is 9.48 Å². The van der Waals surface area contributed by atoms with Gasteiger partial charge >= 0.3 is 5.97 Å². The van der Waals surface area contributed by atoms with Gasteiger partial charge in [0.1, 0.15) is 17.2 Å². The number of para-hydroxylation sites is 1. The molecule has 40 heavy (non-hydrogen) atoms. The predicted octanol–water partition coefficient (Wildman–Crippen LogP) is 5.78. The number of benzene rings is 3. The molecular formula is C30H26N4O6. The van der Waals surface area contributed by atoms with Crippen LogP contribution in [0, 0.1) is 13.8 Å². The molecule has 0 unspecified atom stereocenters. The summed E-state index contributed by atoms with van der Waals surface area (Å²) in [6.07, 6.45) is 0. The molecule has 3 aromatic carbocycles. The van der Waals surface area contributed by atoms with Crippen molar-refractivity contribution in [3.8, 4) is 39.6 Å². The minimum atomic E-state index is -1.13. The van der Waals surface area contributed by atoms with Gasteiger partial charge in [0.2, 0.25) is 5.88 Å². The van der Waals surface area contributed by atoms with Gasteiger partial charge in [-0.15, -0.1) is 0 Å². The van der Waals surface area contributed by atoms with Crippen LogP contribution in [0.1, 0.15) is 32.1 Å². The van der Waals surface area contributed by atoms with E-state index in [0.29, 0.717) is 39.6 Å². The molecule has 202 valence electrons. The molecule has 5 aromatic rings. The van der Waals surface area contributed by atoms with Crippen molar-refractivity contribution >= 4 is 17.8 Å². The summed E-state index contributed by atoms with van der Waals surface area (Å²) in [4.78, 5) is 25.6. The number of nitrogens with zero attached hydrogens (tertiary/aromatic N) is 3. The smallest absolute Gasteiger partial charge is 0.336 e. The van der Waals surface area contributed by atoms with E-state index in [9.17, 15) is 14.7 Å². The number of carbonyl (C=O) groups excluding carboxylic acids is 1. The molecule has 0 saturated heterocycles. The number of carbonyl (C=O) groups is 2. The number of aromatic carboxylic acids is 1. The van der Waals surface area contributed by atoms with Crippen molar-refractivity contribution in [2.75, 3.05) is 19.5 Å². The van der Waals surface area contributed by atoms with E-state index in [0.717, 1.165) is 11.4 Å². The number of rotatable bonds is 8. The number of hydrogen-bond acceptors (Lipinski definition) is 7. The molecule has 2 heterocycles. The Kier molecular flexibility index (Phi) is 7.07. The first-order valence-electron chi connectivity index (χ1n) is 12.3. The number of nitrogens with one attached hydrogen (secondary N) is 1. The highest BCUT2D eigenvalue weighted by Crippen LogP contribution is 2.42. The largest absolute Gasteiger partial charge is 0.497 e. The summed E-state index contributed by atoms with van der Waals surface area (Å²) in [6, 6.07) is 20.9. The number of carboxylic acid groups (broad SMARTS) is 1. The van der Waals surface area contributed by atoms with E-state index in [1.54, 1.807) is 41.1 Å². The number of aryl methyl sites for hydroxylation is 1. The number of amides is 1. The highest BCUT2D eigenvalue weighted by Gasteiger charge is 2.29. The van der Waals surface area contributed by atoms with E-state index in [-0.39, 0.29) is 17.0 Å². The average Bonchev–Trinajstić information content (AvgIpc) is 3.51. The second-order valence-corrected chi connectivity index (χ2v) is 8.90. The van der Waals surface area contributed by atoms with E-state index in [1.165, 1.54) is 20.3 Å². The van der Waals surface area contributed by atoms with E-state index < -0.39 is 11.9 Å². The number of aromatic nitrogens is 3. The van der Waals surface area contributed by atoms with E-state index in [4.69, 9.17) is 19.1 Å². The zero-order valence-corrected chi connectivity index (χ0v) is 22.3. The Hall–Kier alpha value is -5.38. The van der Waals surface area contributed by atoms with Gasteiger partial charge in [0.15, 0.2) is 0 Å². The molecule has 0 aliphatic rings. The lowest BCUT2D eigenvalue weighted by molar-refractivity contribution is 0.0697. The Morgan fingerprint density at radius 2 is 1.62 bits per heavy atom. The molecule has 0 atom stereocenters. The molecule has 0 saturated carbocycles. The topological polar surface area (TPSA) is 129 Å². The van der Waals surface area contributed by atoms with Crippen LogP contribution in [0.3, 0.4) is 0 Å². The highest BCUT2D eigenvalue weighted by molar-refractivity contribution is 6.09. The Morgan fingerprint density at radius 1 is 0.900 bits per heavy atom. The fraction of sp³-hybridized carbons (Fsp3) is 0.133. The van der Waals surface area contributed by atoms with E-state index in [1.807, 2.05) is 44.2 Å². The van der Waals surface area contributed by atoms with E-state index >= 15 is 0 Å². The summed E-state index contributed by atoms with van der Waals surface area (Å²) in [7, 11) is 2.96.